The first-order valence-corrected chi connectivity index (χ1v) is 6.95. The molecule has 9 heteroatoms. The molecule has 0 aliphatic carbocycles. The Morgan fingerprint density at radius 1 is 1.71 bits per heavy atom. The summed E-state index contributed by atoms with van der Waals surface area (Å²) in [6, 6.07) is 0.620. The Morgan fingerprint density at radius 2 is 2.33 bits per heavy atom. The molecular formula is C12H16BrN3O5. The van der Waals surface area contributed by atoms with Crippen molar-refractivity contribution in [2.45, 2.75) is 32.4 Å². The summed E-state index contributed by atoms with van der Waals surface area (Å²) in [6.07, 6.45) is 1.29. The first kappa shape index (κ1) is 17.3. The Labute approximate surface area is 129 Å². The largest absolute Gasteiger partial charge is 0.464 e. The number of ether oxygens (including phenoxy) is 1. The maximum Gasteiger partial charge on any atom is 0.386 e. The van der Waals surface area contributed by atoms with Crippen molar-refractivity contribution in [3.8, 4) is 0 Å². The molecule has 1 heterocycles. The zero-order valence-electron chi connectivity index (χ0n) is 11.8. The van der Waals surface area contributed by atoms with Crippen LogP contribution in [0.4, 0.5) is 11.5 Å². The number of aliphatic hydroxyl groups is 1. The van der Waals surface area contributed by atoms with Crippen molar-refractivity contribution in [2.75, 3.05) is 11.9 Å². The molecular weight excluding hydrogens is 346 g/mol. The third-order valence-corrected chi connectivity index (χ3v) is 3.34. The number of nitrogens with one attached hydrogen (secondary N) is 1. The fraction of sp³-hybridized carbons (Fsp3) is 0.500. The minimum Gasteiger partial charge on any atom is -0.464 e. The van der Waals surface area contributed by atoms with Crippen LogP contribution in [0.5, 0.6) is 0 Å². The molecule has 1 aromatic rings. The molecule has 0 amide bonds. The summed E-state index contributed by atoms with van der Waals surface area (Å²) in [6.45, 7) is 4.54. The lowest BCUT2D eigenvalue weighted by molar-refractivity contribution is -0.388. The Morgan fingerprint density at radius 3 is 2.86 bits per heavy atom. The second-order valence-corrected chi connectivity index (χ2v) is 5.43. The van der Waals surface area contributed by atoms with E-state index in [1.54, 1.807) is 6.92 Å². The van der Waals surface area contributed by atoms with Crippen LogP contribution < -0.4 is 5.32 Å². The van der Waals surface area contributed by atoms with Gasteiger partial charge in [0.1, 0.15) is 5.69 Å². The molecule has 0 spiro atoms. The van der Waals surface area contributed by atoms with Crippen LogP contribution in [0.3, 0.4) is 0 Å². The number of halogens is 1. The van der Waals surface area contributed by atoms with Crippen LogP contribution in [-0.2, 0) is 9.53 Å². The first-order valence-electron chi connectivity index (χ1n) is 6.16. The van der Waals surface area contributed by atoms with Crippen LogP contribution in [0, 0.1) is 10.1 Å². The Kier molecular flexibility index (Phi) is 5.62. The lowest BCUT2D eigenvalue weighted by atomic mass is 9.98. The predicted octanol–water partition coefficient (Wildman–Crippen LogP) is 1.87. The zero-order valence-corrected chi connectivity index (χ0v) is 13.4. The lowest BCUT2D eigenvalue weighted by Crippen LogP contribution is -2.50. The standard InChI is InChI=1S/C12H16BrN3O5/c1-4-21-11(17)12(3,18)7(2)15-9-5-8(13)6-14-10(9)16(19)20/h5-7,15,18H,4H2,1-3H3. The van der Waals surface area contributed by atoms with Gasteiger partial charge >= 0.3 is 11.8 Å². The summed E-state index contributed by atoms with van der Waals surface area (Å²) in [7, 11) is 0. The van der Waals surface area contributed by atoms with Gasteiger partial charge in [0.05, 0.1) is 17.1 Å². The Balaban J connectivity index is 3.02. The number of anilines is 1. The second kappa shape index (κ2) is 6.81. The van der Waals surface area contributed by atoms with Gasteiger partial charge in [-0.15, -0.1) is 0 Å². The summed E-state index contributed by atoms with van der Waals surface area (Å²) in [5, 5.41) is 23.9. The molecule has 2 unspecified atom stereocenters. The van der Waals surface area contributed by atoms with Gasteiger partial charge in [-0.2, -0.15) is 0 Å². The fourth-order valence-electron chi connectivity index (χ4n) is 1.51. The molecule has 1 rings (SSSR count). The molecule has 8 nitrogen and oxygen atoms in total. The molecule has 0 aliphatic rings. The highest BCUT2D eigenvalue weighted by molar-refractivity contribution is 9.10. The summed E-state index contributed by atoms with van der Waals surface area (Å²) >= 11 is 3.16. The van der Waals surface area contributed by atoms with E-state index in [-0.39, 0.29) is 12.3 Å². The molecule has 116 valence electrons. The van der Waals surface area contributed by atoms with E-state index in [1.807, 2.05) is 0 Å². The van der Waals surface area contributed by atoms with Gasteiger partial charge in [-0.25, -0.2) is 4.79 Å². The summed E-state index contributed by atoms with van der Waals surface area (Å²) in [5.41, 5.74) is -1.75. The molecule has 0 fully saturated rings. The average Bonchev–Trinajstić information content (AvgIpc) is 2.38. The summed E-state index contributed by atoms with van der Waals surface area (Å²) in [4.78, 5) is 25.7. The number of hydrogen-bond donors (Lipinski definition) is 2. The van der Waals surface area contributed by atoms with Crippen molar-refractivity contribution < 1.29 is 19.6 Å². The van der Waals surface area contributed by atoms with Gasteiger partial charge in [0.25, 0.3) is 0 Å². The van der Waals surface area contributed by atoms with E-state index < -0.39 is 28.4 Å². The van der Waals surface area contributed by atoms with Crippen molar-refractivity contribution in [1.29, 1.82) is 0 Å². The van der Waals surface area contributed by atoms with Crippen molar-refractivity contribution in [3.05, 3.63) is 26.9 Å². The van der Waals surface area contributed by atoms with Crippen molar-refractivity contribution >= 4 is 33.4 Å². The minimum atomic E-state index is -1.84. The van der Waals surface area contributed by atoms with Gasteiger partial charge in [-0.3, -0.25) is 0 Å². The number of rotatable bonds is 6. The van der Waals surface area contributed by atoms with Gasteiger partial charge in [0.15, 0.2) is 11.8 Å². The van der Waals surface area contributed by atoms with Gasteiger partial charge in [0, 0.05) is 0 Å². The molecule has 0 radical (unpaired) electrons. The monoisotopic (exact) mass is 361 g/mol. The van der Waals surface area contributed by atoms with E-state index in [4.69, 9.17) is 4.74 Å². The van der Waals surface area contributed by atoms with E-state index >= 15 is 0 Å². The number of hydrogen-bond acceptors (Lipinski definition) is 7. The van der Waals surface area contributed by atoms with E-state index in [9.17, 15) is 20.0 Å². The molecule has 0 aliphatic heterocycles. The third kappa shape index (κ3) is 4.11. The Hall–Kier alpha value is -1.74. The number of nitrogens with zero attached hydrogens (tertiary/aromatic N) is 2. The minimum absolute atomic E-state index is 0.0893. The highest BCUT2D eigenvalue weighted by Crippen LogP contribution is 2.27. The van der Waals surface area contributed by atoms with Crippen LogP contribution in [0.25, 0.3) is 0 Å². The van der Waals surface area contributed by atoms with Gasteiger partial charge in [0.2, 0.25) is 0 Å². The quantitative estimate of drug-likeness (QED) is 0.451. The normalized spacial score (nSPS) is 14.9. The van der Waals surface area contributed by atoms with E-state index in [1.165, 1.54) is 26.1 Å². The molecule has 2 N–H and O–H groups in total. The third-order valence-electron chi connectivity index (χ3n) is 2.91. The number of nitro groups is 1. The van der Waals surface area contributed by atoms with Gasteiger partial charge in [-0.1, -0.05) is 0 Å². The SMILES string of the molecule is CCOC(=O)C(C)(O)C(C)Nc1cc(Br)cnc1[N+](=O)[O-]. The van der Waals surface area contributed by atoms with Gasteiger partial charge < -0.3 is 25.3 Å². The number of carbonyl (C=O) groups excluding carboxylic acids is 1. The first-order chi connectivity index (χ1) is 9.70. The van der Waals surface area contributed by atoms with Crippen LogP contribution in [-0.4, -0.2) is 39.2 Å². The molecule has 2 atom stereocenters. The molecule has 0 saturated carbocycles. The smallest absolute Gasteiger partial charge is 0.386 e. The highest BCUT2D eigenvalue weighted by Gasteiger charge is 2.39. The predicted molar refractivity (Wildman–Crippen MR) is 78.9 cm³/mol. The summed E-state index contributed by atoms with van der Waals surface area (Å²) < 4.78 is 5.31. The molecule has 1 aromatic heterocycles. The molecule has 21 heavy (non-hydrogen) atoms. The van der Waals surface area contributed by atoms with E-state index in [0.29, 0.717) is 4.47 Å². The molecule has 0 saturated heterocycles. The van der Waals surface area contributed by atoms with Crippen molar-refractivity contribution in [3.63, 3.8) is 0 Å². The fourth-order valence-corrected chi connectivity index (χ4v) is 1.84. The van der Waals surface area contributed by atoms with Crippen molar-refractivity contribution in [2.24, 2.45) is 0 Å². The molecule has 0 bridgehead atoms. The topological polar surface area (TPSA) is 115 Å². The maximum atomic E-state index is 11.7. The van der Waals surface area contributed by atoms with E-state index in [2.05, 4.69) is 26.2 Å². The number of carbonyl (C=O) groups is 1. The van der Waals surface area contributed by atoms with Crippen LogP contribution in [0.2, 0.25) is 0 Å². The maximum absolute atomic E-state index is 11.7. The van der Waals surface area contributed by atoms with E-state index in [0.717, 1.165) is 0 Å². The zero-order chi connectivity index (χ0) is 16.2. The lowest BCUT2D eigenvalue weighted by Gasteiger charge is -2.29. The highest BCUT2D eigenvalue weighted by atomic mass is 79.9. The molecule has 0 aromatic carbocycles. The van der Waals surface area contributed by atoms with Crippen molar-refractivity contribution in [1.82, 2.24) is 4.98 Å². The number of aromatic nitrogens is 1. The van der Waals surface area contributed by atoms with Crippen LogP contribution in [0.15, 0.2) is 16.7 Å². The van der Waals surface area contributed by atoms with Gasteiger partial charge in [-0.05, 0) is 52.7 Å². The Bertz CT molecular complexity index is 550. The van der Waals surface area contributed by atoms with Crippen LogP contribution >= 0.6 is 15.9 Å². The average molecular weight is 362 g/mol. The number of pyridine rings is 1. The number of esters is 1. The second-order valence-electron chi connectivity index (χ2n) is 4.52. The van der Waals surface area contributed by atoms with Crippen LogP contribution in [0.1, 0.15) is 20.8 Å². The summed E-state index contributed by atoms with van der Waals surface area (Å²) in [5.74, 6) is -1.21.